The van der Waals surface area contributed by atoms with Crippen molar-refractivity contribution in [3.8, 4) is 5.75 Å². The first kappa shape index (κ1) is 26.0. The number of ether oxygens (including phenoxy) is 1. The van der Waals surface area contributed by atoms with Crippen molar-refractivity contribution < 1.29 is 14.3 Å². The topological polar surface area (TPSA) is 61.9 Å². The Morgan fingerprint density at radius 3 is 2.39 bits per heavy atom. The minimum atomic E-state index is -0.0827. The van der Waals surface area contributed by atoms with Crippen LogP contribution in [0.2, 0.25) is 0 Å². The van der Waals surface area contributed by atoms with Crippen LogP contribution in [0.1, 0.15) is 60.7 Å². The van der Waals surface area contributed by atoms with Crippen LogP contribution in [0.4, 0.5) is 5.69 Å². The van der Waals surface area contributed by atoms with Gasteiger partial charge in [-0.25, -0.2) is 0 Å². The van der Waals surface area contributed by atoms with Gasteiger partial charge in [-0.15, -0.1) is 0 Å². The Morgan fingerprint density at radius 1 is 0.921 bits per heavy atom. The lowest BCUT2D eigenvalue weighted by atomic mass is 9.86. The highest BCUT2D eigenvalue weighted by atomic mass is 16.5. The molecule has 1 fully saturated rings. The van der Waals surface area contributed by atoms with Gasteiger partial charge in [0.25, 0.3) is 11.8 Å². The van der Waals surface area contributed by atoms with E-state index in [0.29, 0.717) is 17.9 Å². The van der Waals surface area contributed by atoms with Crippen LogP contribution in [0.15, 0.2) is 72.8 Å². The van der Waals surface area contributed by atoms with E-state index >= 15 is 0 Å². The summed E-state index contributed by atoms with van der Waals surface area (Å²) in [5.74, 6) is 0.572. The molecule has 2 aliphatic heterocycles. The average molecular weight is 512 g/mol. The summed E-state index contributed by atoms with van der Waals surface area (Å²) in [5, 5.41) is 3.23. The van der Waals surface area contributed by atoms with E-state index in [9.17, 15) is 9.59 Å². The van der Waals surface area contributed by atoms with E-state index in [4.69, 9.17) is 4.74 Å². The van der Waals surface area contributed by atoms with E-state index in [-0.39, 0.29) is 29.9 Å². The maximum Gasteiger partial charge on any atom is 0.265 e. The van der Waals surface area contributed by atoms with E-state index in [1.165, 1.54) is 5.56 Å². The summed E-state index contributed by atoms with van der Waals surface area (Å²) in [4.78, 5) is 30.2. The van der Waals surface area contributed by atoms with Crippen molar-refractivity contribution in [2.75, 3.05) is 24.6 Å². The van der Waals surface area contributed by atoms with E-state index < -0.39 is 0 Å². The van der Waals surface area contributed by atoms with Gasteiger partial charge in [0.1, 0.15) is 5.75 Å². The predicted molar refractivity (Wildman–Crippen MR) is 150 cm³/mol. The Kier molecular flexibility index (Phi) is 7.52. The number of rotatable bonds is 6. The molecule has 0 spiro atoms. The number of piperidine rings is 1. The van der Waals surface area contributed by atoms with Crippen molar-refractivity contribution in [2.45, 2.75) is 58.2 Å². The smallest absolute Gasteiger partial charge is 0.265 e. The molecular weight excluding hydrogens is 474 g/mol. The molecular formula is C32H37N3O3. The highest BCUT2D eigenvalue weighted by Crippen LogP contribution is 2.37. The molecule has 6 nitrogen and oxygen atoms in total. The fourth-order valence-electron chi connectivity index (χ4n) is 5.18. The summed E-state index contributed by atoms with van der Waals surface area (Å²) >= 11 is 0. The monoisotopic (exact) mass is 511 g/mol. The number of hydrogen-bond acceptors (Lipinski definition) is 4. The van der Waals surface area contributed by atoms with Crippen LogP contribution in [0.3, 0.4) is 0 Å². The molecule has 0 saturated carbocycles. The molecule has 0 unspecified atom stereocenters. The van der Waals surface area contributed by atoms with Crippen molar-refractivity contribution in [1.82, 2.24) is 10.2 Å². The number of nitrogens with one attached hydrogen (secondary N) is 1. The van der Waals surface area contributed by atoms with Gasteiger partial charge >= 0.3 is 0 Å². The second kappa shape index (κ2) is 11.0. The van der Waals surface area contributed by atoms with Crippen molar-refractivity contribution in [3.05, 3.63) is 95.1 Å². The Labute approximate surface area is 225 Å². The third-order valence-electron chi connectivity index (χ3n) is 7.47. The molecule has 0 atom stereocenters. The van der Waals surface area contributed by atoms with E-state index in [1.807, 2.05) is 42.5 Å². The van der Waals surface area contributed by atoms with Crippen LogP contribution < -0.4 is 15.0 Å². The average Bonchev–Trinajstić information content (AvgIpc) is 2.91. The molecule has 3 aromatic rings. The molecule has 0 aliphatic carbocycles. The second-order valence-electron chi connectivity index (χ2n) is 11.4. The molecule has 0 bridgehead atoms. The van der Waals surface area contributed by atoms with Gasteiger partial charge in [0.15, 0.2) is 6.61 Å². The molecule has 3 aromatic carbocycles. The molecule has 198 valence electrons. The largest absolute Gasteiger partial charge is 0.482 e. The van der Waals surface area contributed by atoms with E-state index in [1.54, 1.807) is 4.90 Å². The highest BCUT2D eigenvalue weighted by Gasteiger charge is 2.28. The fourth-order valence-corrected chi connectivity index (χ4v) is 5.18. The lowest BCUT2D eigenvalue weighted by Gasteiger charge is -2.32. The van der Waals surface area contributed by atoms with Crippen molar-refractivity contribution in [3.63, 3.8) is 0 Å². The third kappa shape index (κ3) is 6.08. The molecule has 38 heavy (non-hydrogen) atoms. The molecule has 1 saturated heterocycles. The molecule has 0 aromatic heterocycles. The lowest BCUT2D eigenvalue weighted by molar-refractivity contribution is -0.121. The van der Waals surface area contributed by atoms with Gasteiger partial charge in [-0.2, -0.15) is 0 Å². The minimum Gasteiger partial charge on any atom is -0.482 e. The first-order valence-corrected chi connectivity index (χ1v) is 13.5. The normalized spacial score (nSPS) is 16.6. The molecule has 1 N–H and O–H groups in total. The van der Waals surface area contributed by atoms with Crippen LogP contribution in [-0.2, 0) is 23.3 Å². The summed E-state index contributed by atoms with van der Waals surface area (Å²) in [6, 6.07) is 24.3. The molecule has 2 aliphatic rings. The Bertz CT molecular complexity index is 1290. The number of likely N-dealkylation sites (tertiary alicyclic amines) is 1. The number of hydrogen-bond donors (Lipinski definition) is 1. The van der Waals surface area contributed by atoms with Crippen LogP contribution in [0.5, 0.6) is 5.75 Å². The van der Waals surface area contributed by atoms with E-state index in [2.05, 4.69) is 61.3 Å². The minimum absolute atomic E-state index is 0.0189. The molecule has 2 amide bonds. The van der Waals surface area contributed by atoms with Crippen molar-refractivity contribution in [1.29, 1.82) is 0 Å². The second-order valence-corrected chi connectivity index (χ2v) is 11.4. The SMILES string of the molecule is CC(C)(C)c1ccc2c(c1)N(Cc1cccc(C(=O)NC3CCN(Cc4ccccc4)CC3)c1)C(=O)CO2. The van der Waals surface area contributed by atoms with Gasteiger partial charge in [-0.1, -0.05) is 69.3 Å². The third-order valence-corrected chi connectivity index (χ3v) is 7.47. The van der Waals surface area contributed by atoms with Gasteiger partial charge < -0.3 is 15.0 Å². The van der Waals surface area contributed by atoms with Crippen LogP contribution in [0, 0.1) is 0 Å². The number of fused-ring (bicyclic) bond motifs is 1. The van der Waals surface area contributed by atoms with Gasteiger partial charge in [-0.3, -0.25) is 14.5 Å². The van der Waals surface area contributed by atoms with Crippen LogP contribution in [-0.4, -0.2) is 42.5 Å². The van der Waals surface area contributed by atoms with Crippen LogP contribution >= 0.6 is 0 Å². The number of anilines is 1. The Hall–Kier alpha value is -3.64. The number of nitrogens with zero attached hydrogens (tertiary/aromatic N) is 2. The Morgan fingerprint density at radius 2 is 1.66 bits per heavy atom. The first-order valence-electron chi connectivity index (χ1n) is 13.5. The predicted octanol–water partition coefficient (Wildman–Crippen LogP) is 5.30. The van der Waals surface area contributed by atoms with Crippen LogP contribution in [0.25, 0.3) is 0 Å². The molecule has 2 heterocycles. The number of amides is 2. The number of carbonyl (C=O) groups is 2. The fraction of sp³-hybridized carbons (Fsp3) is 0.375. The molecule has 6 heteroatoms. The molecule has 0 radical (unpaired) electrons. The zero-order valence-corrected chi connectivity index (χ0v) is 22.6. The first-order chi connectivity index (χ1) is 18.3. The van der Waals surface area contributed by atoms with Gasteiger partial charge in [-0.05, 0) is 59.2 Å². The quantitative estimate of drug-likeness (QED) is 0.488. The standard InChI is InChI=1S/C32H37N3O3/c1-32(2,3)26-12-13-29-28(19-26)35(30(36)22-38-29)21-24-10-7-11-25(18-24)31(37)33-27-14-16-34(17-15-27)20-23-8-5-4-6-9-23/h4-13,18-19,27H,14-17,20-22H2,1-3H3,(H,33,37). The summed E-state index contributed by atoms with van der Waals surface area (Å²) in [7, 11) is 0. The maximum atomic E-state index is 13.1. The summed E-state index contributed by atoms with van der Waals surface area (Å²) in [6.07, 6.45) is 1.88. The summed E-state index contributed by atoms with van der Waals surface area (Å²) in [5.41, 5.74) is 4.74. The zero-order chi connectivity index (χ0) is 26.7. The molecule has 5 rings (SSSR count). The maximum absolute atomic E-state index is 13.1. The summed E-state index contributed by atoms with van der Waals surface area (Å²) < 4.78 is 5.70. The van der Waals surface area contributed by atoms with Crippen molar-refractivity contribution >= 4 is 17.5 Å². The van der Waals surface area contributed by atoms with E-state index in [0.717, 1.165) is 49.3 Å². The van der Waals surface area contributed by atoms with Gasteiger partial charge in [0.2, 0.25) is 0 Å². The Balaban J connectivity index is 1.22. The lowest BCUT2D eigenvalue weighted by Crippen LogP contribution is -2.44. The van der Waals surface area contributed by atoms with Crippen molar-refractivity contribution in [2.24, 2.45) is 0 Å². The van der Waals surface area contributed by atoms with Gasteiger partial charge in [0.05, 0.1) is 12.2 Å². The highest BCUT2D eigenvalue weighted by molar-refractivity contribution is 5.98. The summed E-state index contributed by atoms with van der Waals surface area (Å²) in [6.45, 7) is 9.75. The zero-order valence-electron chi connectivity index (χ0n) is 22.6. The number of benzene rings is 3. The number of carbonyl (C=O) groups excluding carboxylic acids is 2. The van der Waals surface area contributed by atoms with Gasteiger partial charge in [0, 0.05) is 31.2 Å².